The Morgan fingerprint density at radius 1 is 1.07 bits per heavy atom. The van der Waals surface area contributed by atoms with E-state index in [0.717, 1.165) is 24.3 Å². The first kappa shape index (κ1) is 23.8. The second-order valence-electron chi connectivity index (χ2n) is 5.79. The maximum absolute atomic E-state index is 12.4. The number of hydrogen-bond acceptors (Lipinski definition) is 5. The zero-order valence-corrected chi connectivity index (χ0v) is 16.9. The number of halogens is 5. The highest BCUT2D eigenvalue weighted by atomic mass is 35.5. The number of amides is 1. The van der Waals surface area contributed by atoms with Gasteiger partial charge in [0.25, 0.3) is 5.91 Å². The summed E-state index contributed by atoms with van der Waals surface area (Å²) >= 11 is 11.8. The number of aliphatic carboxylic acids is 1. The van der Waals surface area contributed by atoms with E-state index < -0.39 is 39.3 Å². The molecule has 0 radical (unpaired) electrons. The number of alkyl halides is 3. The topological polar surface area (TPSA) is 110 Å². The van der Waals surface area contributed by atoms with E-state index in [-0.39, 0.29) is 27.6 Å². The summed E-state index contributed by atoms with van der Waals surface area (Å²) in [5.41, 5.74) is -5.44. The minimum atomic E-state index is -5.83. The molecule has 30 heavy (non-hydrogen) atoms. The predicted molar refractivity (Wildman–Crippen MR) is 101 cm³/mol. The number of nitrogens with one attached hydrogen (secondary N) is 1. The van der Waals surface area contributed by atoms with Crippen LogP contribution in [0.3, 0.4) is 0 Å². The molecule has 0 heterocycles. The SMILES string of the molecule is O=C(N[C@@H](Cc1ccc(OS(=O)(=O)C(F)(F)F)cc1)C(=O)O)c1c(Cl)cccc1Cl. The number of hydrogen-bond donors (Lipinski definition) is 2. The number of benzene rings is 2. The molecule has 0 bridgehead atoms. The normalized spacial score (nSPS) is 12.8. The van der Waals surface area contributed by atoms with Gasteiger partial charge in [-0.25, -0.2) is 4.79 Å². The van der Waals surface area contributed by atoms with Crippen molar-refractivity contribution in [3.63, 3.8) is 0 Å². The van der Waals surface area contributed by atoms with Gasteiger partial charge in [0, 0.05) is 6.42 Å². The molecule has 2 N–H and O–H groups in total. The second kappa shape index (κ2) is 9.11. The predicted octanol–water partition coefficient (Wildman–Crippen LogP) is 3.65. The minimum Gasteiger partial charge on any atom is -0.480 e. The lowest BCUT2D eigenvalue weighted by Gasteiger charge is -2.16. The van der Waals surface area contributed by atoms with E-state index in [1.807, 2.05) is 0 Å². The van der Waals surface area contributed by atoms with Crippen LogP contribution >= 0.6 is 23.2 Å². The first-order valence-corrected chi connectivity index (χ1v) is 10.1. The molecule has 1 amide bonds. The average Bonchev–Trinajstić information content (AvgIpc) is 2.61. The van der Waals surface area contributed by atoms with E-state index in [0.29, 0.717) is 0 Å². The summed E-state index contributed by atoms with van der Waals surface area (Å²) in [6.07, 6.45) is -0.268. The van der Waals surface area contributed by atoms with Crippen molar-refractivity contribution in [1.82, 2.24) is 5.32 Å². The quantitative estimate of drug-likeness (QED) is 0.457. The third-order valence-corrected chi connectivity index (χ3v) is 5.25. The lowest BCUT2D eigenvalue weighted by Crippen LogP contribution is -2.42. The monoisotopic (exact) mass is 485 g/mol. The molecule has 2 rings (SSSR count). The van der Waals surface area contributed by atoms with Gasteiger partial charge in [-0.1, -0.05) is 41.4 Å². The molecule has 0 aliphatic carbocycles. The van der Waals surface area contributed by atoms with Gasteiger partial charge in [0.05, 0.1) is 15.6 Å². The van der Waals surface area contributed by atoms with Crippen LogP contribution in [-0.4, -0.2) is 37.0 Å². The van der Waals surface area contributed by atoms with Crippen LogP contribution in [0.1, 0.15) is 15.9 Å². The van der Waals surface area contributed by atoms with Crippen molar-refractivity contribution in [2.45, 2.75) is 18.0 Å². The Morgan fingerprint density at radius 2 is 1.60 bits per heavy atom. The molecular formula is C17H12Cl2F3NO6S. The van der Waals surface area contributed by atoms with Crippen molar-refractivity contribution >= 4 is 45.2 Å². The fourth-order valence-corrected chi connectivity index (χ4v) is 3.26. The molecule has 2 aromatic carbocycles. The van der Waals surface area contributed by atoms with Crippen molar-refractivity contribution in [2.24, 2.45) is 0 Å². The summed E-state index contributed by atoms with van der Waals surface area (Å²) in [7, 11) is -5.83. The molecule has 0 saturated carbocycles. The van der Waals surface area contributed by atoms with E-state index >= 15 is 0 Å². The van der Waals surface area contributed by atoms with Crippen molar-refractivity contribution < 1.29 is 40.5 Å². The first-order chi connectivity index (χ1) is 13.8. The Kier molecular flexibility index (Phi) is 7.22. The maximum atomic E-state index is 12.4. The Balaban J connectivity index is 2.14. The smallest absolute Gasteiger partial charge is 0.480 e. The van der Waals surface area contributed by atoms with E-state index in [9.17, 15) is 36.3 Å². The van der Waals surface area contributed by atoms with Gasteiger partial charge < -0.3 is 14.6 Å². The van der Waals surface area contributed by atoms with Crippen molar-refractivity contribution in [1.29, 1.82) is 0 Å². The molecule has 0 spiro atoms. The highest BCUT2D eigenvalue weighted by Gasteiger charge is 2.48. The molecule has 0 saturated heterocycles. The van der Waals surface area contributed by atoms with Crippen LogP contribution in [0.2, 0.25) is 10.0 Å². The molecule has 0 aliphatic rings. The second-order valence-corrected chi connectivity index (χ2v) is 8.14. The van der Waals surface area contributed by atoms with Gasteiger partial charge in [0.1, 0.15) is 11.8 Å². The third-order valence-electron chi connectivity index (χ3n) is 3.65. The van der Waals surface area contributed by atoms with Crippen LogP contribution in [0.15, 0.2) is 42.5 Å². The largest absolute Gasteiger partial charge is 0.534 e. The highest BCUT2D eigenvalue weighted by Crippen LogP contribution is 2.27. The van der Waals surface area contributed by atoms with Gasteiger partial charge in [-0.15, -0.1) is 0 Å². The minimum absolute atomic E-state index is 0.0107. The molecule has 0 aromatic heterocycles. The van der Waals surface area contributed by atoms with Crippen LogP contribution in [0.5, 0.6) is 5.75 Å². The van der Waals surface area contributed by atoms with Gasteiger partial charge in [-0.05, 0) is 29.8 Å². The van der Waals surface area contributed by atoms with Crippen LogP contribution in [0.4, 0.5) is 13.2 Å². The summed E-state index contributed by atoms with van der Waals surface area (Å²) in [4.78, 5) is 23.9. The molecule has 1 atom stereocenters. The Labute approximate surface area is 178 Å². The van der Waals surface area contributed by atoms with Gasteiger partial charge >= 0.3 is 21.6 Å². The fourth-order valence-electron chi connectivity index (χ4n) is 2.24. The standard InChI is InChI=1S/C17H12Cl2F3NO6S/c18-11-2-1-3-12(19)14(11)15(24)23-13(16(25)26)8-9-4-6-10(7-5-9)29-30(27,28)17(20,21)22/h1-7,13H,8H2,(H,23,24)(H,25,26)/t13-/m0/s1. The van der Waals surface area contributed by atoms with E-state index in [4.69, 9.17) is 23.2 Å². The molecule has 7 nitrogen and oxygen atoms in total. The number of carboxylic acids is 1. The lowest BCUT2D eigenvalue weighted by molar-refractivity contribution is -0.139. The molecular weight excluding hydrogens is 474 g/mol. The molecule has 0 fully saturated rings. The van der Waals surface area contributed by atoms with Crippen molar-refractivity contribution in [2.75, 3.05) is 0 Å². The number of carboxylic acid groups (broad SMARTS) is 1. The fraction of sp³-hybridized carbons (Fsp3) is 0.176. The van der Waals surface area contributed by atoms with E-state index in [2.05, 4.69) is 9.50 Å². The van der Waals surface area contributed by atoms with Gasteiger partial charge in [0.2, 0.25) is 0 Å². The Morgan fingerprint density at radius 3 is 2.07 bits per heavy atom. The Hall–Kier alpha value is -2.50. The van der Waals surface area contributed by atoms with Crippen molar-refractivity contribution in [3.05, 3.63) is 63.6 Å². The van der Waals surface area contributed by atoms with Crippen molar-refractivity contribution in [3.8, 4) is 5.75 Å². The average molecular weight is 486 g/mol. The third kappa shape index (κ3) is 5.77. The maximum Gasteiger partial charge on any atom is 0.534 e. The number of carbonyl (C=O) groups excluding carboxylic acids is 1. The molecule has 0 aliphatic heterocycles. The molecule has 2 aromatic rings. The highest BCUT2D eigenvalue weighted by molar-refractivity contribution is 7.88. The van der Waals surface area contributed by atoms with E-state index in [1.165, 1.54) is 18.2 Å². The zero-order valence-electron chi connectivity index (χ0n) is 14.6. The molecule has 0 unspecified atom stereocenters. The van der Waals surface area contributed by atoms with Crippen LogP contribution < -0.4 is 9.50 Å². The lowest BCUT2D eigenvalue weighted by atomic mass is 10.1. The zero-order chi connectivity index (χ0) is 22.7. The van der Waals surface area contributed by atoms with E-state index in [1.54, 1.807) is 0 Å². The van der Waals surface area contributed by atoms with Crippen LogP contribution in [0, 0.1) is 0 Å². The summed E-state index contributed by atoms with van der Waals surface area (Å²) in [6, 6.07) is 7.01. The summed E-state index contributed by atoms with van der Waals surface area (Å²) in [5, 5.41) is 11.6. The van der Waals surface area contributed by atoms with Gasteiger partial charge in [-0.2, -0.15) is 21.6 Å². The Bertz CT molecular complexity index is 1040. The van der Waals surface area contributed by atoms with Gasteiger partial charge in [-0.3, -0.25) is 4.79 Å². The molecule has 13 heteroatoms. The molecule has 162 valence electrons. The first-order valence-electron chi connectivity index (χ1n) is 7.89. The van der Waals surface area contributed by atoms with Crippen LogP contribution in [-0.2, 0) is 21.3 Å². The number of carbonyl (C=O) groups is 2. The summed E-state index contributed by atoms with van der Waals surface area (Å²) in [5.74, 6) is -2.85. The number of rotatable bonds is 7. The summed E-state index contributed by atoms with van der Waals surface area (Å²) < 4.78 is 63.0. The van der Waals surface area contributed by atoms with Gasteiger partial charge in [0.15, 0.2) is 0 Å². The van der Waals surface area contributed by atoms with Crippen LogP contribution in [0.25, 0.3) is 0 Å². The summed E-state index contributed by atoms with van der Waals surface area (Å²) in [6.45, 7) is 0.